The van der Waals surface area contributed by atoms with Gasteiger partial charge in [-0.3, -0.25) is 4.79 Å². The Labute approximate surface area is 138 Å². The lowest BCUT2D eigenvalue weighted by molar-refractivity contribution is -0.130. The second kappa shape index (κ2) is 7.47. The molecule has 1 aliphatic rings. The van der Waals surface area contributed by atoms with Crippen LogP contribution in [0.1, 0.15) is 45.1 Å². The molecule has 1 aliphatic carbocycles. The van der Waals surface area contributed by atoms with Crippen LogP contribution in [0, 0.1) is 11.3 Å². The maximum absolute atomic E-state index is 12.6. The molecule has 22 heavy (non-hydrogen) atoms. The second-order valence-corrected chi connectivity index (χ2v) is 7.50. The fraction of sp³-hybridized carbons (Fsp3) is 0.611. The fourth-order valence-electron chi connectivity index (χ4n) is 3.11. The molecule has 0 unspecified atom stereocenters. The average molecular weight is 324 g/mol. The van der Waals surface area contributed by atoms with Gasteiger partial charge in [-0.25, -0.2) is 0 Å². The first-order valence-corrected chi connectivity index (χ1v) is 8.45. The van der Waals surface area contributed by atoms with E-state index in [1.165, 1.54) is 0 Å². The van der Waals surface area contributed by atoms with E-state index < -0.39 is 5.41 Å². The number of aliphatic hydroxyl groups excluding tert-OH is 1. The molecule has 1 aromatic rings. The lowest BCUT2D eigenvalue weighted by Crippen LogP contribution is -2.45. The molecule has 122 valence electrons. The summed E-state index contributed by atoms with van der Waals surface area (Å²) in [7, 11) is 0. The Morgan fingerprint density at radius 3 is 2.59 bits per heavy atom. The van der Waals surface area contributed by atoms with E-state index in [1.54, 1.807) is 0 Å². The molecule has 4 heteroatoms. The molecule has 3 nitrogen and oxygen atoms in total. The minimum Gasteiger partial charge on any atom is -0.396 e. The van der Waals surface area contributed by atoms with Crippen molar-refractivity contribution in [2.24, 2.45) is 11.3 Å². The molecule has 0 aliphatic heterocycles. The lowest BCUT2D eigenvalue weighted by Gasteiger charge is -2.31. The van der Waals surface area contributed by atoms with E-state index in [1.807, 2.05) is 38.1 Å². The highest BCUT2D eigenvalue weighted by molar-refractivity contribution is 6.30. The van der Waals surface area contributed by atoms with Crippen LogP contribution in [-0.2, 0) is 11.2 Å². The van der Waals surface area contributed by atoms with Crippen molar-refractivity contribution in [2.45, 2.75) is 52.0 Å². The molecule has 2 N–H and O–H groups in total. The van der Waals surface area contributed by atoms with Crippen LogP contribution in [0.25, 0.3) is 0 Å². The molecule has 0 atom stereocenters. The maximum Gasteiger partial charge on any atom is 0.226 e. The highest BCUT2D eigenvalue weighted by atomic mass is 35.5. The summed E-state index contributed by atoms with van der Waals surface area (Å²) in [6.07, 6.45) is 4.59. The third-order valence-electron chi connectivity index (χ3n) is 4.59. The van der Waals surface area contributed by atoms with Crippen molar-refractivity contribution in [2.75, 3.05) is 6.61 Å². The Hall–Kier alpha value is -1.06. The molecular weight excluding hydrogens is 298 g/mol. The highest BCUT2D eigenvalue weighted by Crippen LogP contribution is 2.27. The highest BCUT2D eigenvalue weighted by Gasteiger charge is 2.31. The topological polar surface area (TPSA) is 49.3 Å². The monoisotopic (exact) mass is 323 g/mol. The number of hydrogen-bond donors (Lipinski definition) is 2. The van der Waals surface area contributed by atoms with Crippen molar-refractivity contribution >= 4 is 17.5 Å². The molecule has 2 rings (SSSR count). The zero-order chi connectivity index (χ0) is 16.2. The van der Waals surface area contributed by atoms with Crippen molar-refractivity contribution in [3.05, 3.63) is 34.9 Å². The van der Waals surface area contributed by atoms with Crippen molar-refractivity contribution in [3.63, 3.8) is 0 Å². The number of benzene rings is 1. The van der Waals surface area contributed by atoms with Crippen molar-refractivity contribution in [3.8, 4) is 0 Å². The minimum atomic E-state index is -0.460. The van der Waals surface area contributed by atoms with Gasteiger partial charge in [0, 0.05) is 23.1 Å². The Morgan fingerprint density at radius 2 is 2.00 bits per heavy atom. The van der Waals surface area contributed by atoms with Gasteiger partial charge in [0.05, 0.1) is 0 Å². The number of aliphatic hydroxyl groups is 1. The van der Waals surface area contributed by atoms with E-state index in [2.05, 4.69) is 5.32 Å². The molecule has 1 fully saturated rings. The van der Waals surface area contributed by atoms with Crippen LogP contribution in [-0.4, -0.2) is 23.7 Å². The number of amides is 1. The summed E-state index contributed by atoms with van der Waals surface area (Å²) in [6.45, 7) is 4.21. The average Bonchev–Trinajstić information content (AvgIpc) is 2.47. The summed E-state index contributed by atoms with van der Waals surface area (Å²) >= 11 is 6.02. The van der Waals surface area contributed by atoms with E-state index in [0.717, 1.165) is 31.2 Å². The summed E-state index contributed by atoms with van der Waals surface area (Å²) in [5.74, 6) is 0.507. The van der Waals surface area contributed by atoms with Gasteiger partial charge in [0.15, 0.2) is 0 Å². The van der Waals surface area contributed by atoms with Crippen LogP contribution in [0.2, 0.25) is 5.02 Å². The standard InChI is InChI=1S/C18H26ClNO2/c1-18(2,11-14-4-3-5-15(19)10-14)17(22)20-16-8-6-13(12-21)7-9-16/h3-5,10,13,16,21H,6-9,11-12H2,1-2H3,(H,20,22). The van der Waals surface area contributed by atoms with Crippen LogP contribution in [0.15, 0.2) is 24.3 Å². The normalized spacial score (nSPS) is 22.4. The molecule has 0 aromatic heterocycles. The lowest BCUT2D eigenvalue weighted by atomic mass is 9.82. The smallest absolute Gasteiger partial charge is 0.226 e. The van der Waals surface area contributed by atoms with Crippen molar-refractivity contribution < 1.29 is 9.90 Å². The van der Waals surface area contributed by atoms with E-state index in [0.29, 0.717) is 17.4 Å². The minimum absolute atomic E-state index is 0.0972. The molecular formula is C18H26ClNO2. The van der Waals surface area contributed by atoms with Gasteiger partial charge in [0.2, 0.25) is 5.91 Å². The van der Waals surface area contributed by atoms with Crippen molar-refractivity contribution in [1.29, 1.82) is 0 Å². The predicted molar refractivity (Wildman–Crippen MR) is 89.9 cm³/mol. The Kier molecular flexibility index (Phi) is 5.87. The Bertz CT molecular complexity index is 508. The number of rotatable bonds is 5. The molecule has 1 amide bonds. The van der Waals surface area contributed by atoms with E-state index >= 15 is 0 Å². The van der Waals surface area contributed by atoms with Crippen LogP contribution in [0.3, 0.4) is 0 Å². The number of carbonyl (C=O) groups excluding carboxylic acids is 1. The number of nitrogens with one attached hydrogen (secondary N) is 1. The summed E-state index contributed by atoms with van der Waals surface area (Å²) < 4.78 is 0. The summed E-state index contributed by atoms with van der Waals surface area (Å²) in [4.78, 5) is 12.6. The number of halogens is 1. The van der Waals surface area contributed by atoms with Gasteiger partial charge in [0.25, 0.3) is 0 Å². The maximum atomic E-state index is 12.6. The molecule has 1 saturated carbocycles. The van der Waals surface area contributed by atoms with E-state index in [9.17, 15) is 9.90 Å². The Balaban J connectivity index is 1.90. The number of carbonyl (C=O) groups is 1. The van der Waals surface area contributed by atoms with E-state index in [4.69, 9.17) is 11.6 Å². The van der Waals surface area contributed by atoms with Gasteiger partial charge in [-0.2, -0.15) is 0 Å². The van der Waals surface area contributed by atoms with Gasteiger partial charge in [-0.15, -0.1) is 0 Å². The van der Waals surface area contributed by atoms with E-state index in [-0.39, 0.29) is 18.6 Å². The third kappa shape index (κ3) is 4.72. The first kappa shape index (κ1) is 17.3. The summed E-state index contributed by atoms with van der Waals surface area (Å²) in [6, 6.07) is 7.93. The van der Waals surface area contributed by atoms with Gasteiger partial charge >= 0.3 is 0 Å². The zero-order valence-corrected chi connectivity index (χ0v) is 14.2. The first-order valence-electron chi connectivity index (χ1n) is 8.07. The summed E-state index contributed by atoms with van der Waals surface area (Å²) in [5.41, 5.74) is 0.620. The van der Waals surface area contributed by atoms with Gasteiger partial charge in [-0.05, 0) is 55.7 Å². The van der Waals surface area contributed by atoms with Gasteiger partial charge in [-0.1, -0.05) is 37.6 Å². The largest absolute Gasteiger partial charge is 0.396 e. The number of hydrogen-bond acceptors (Lipinski definition) is 2. The van der Waals surface area contributed by atoms with Crippen LogP contribution in [0.4, 0.5) is 0 Å². The quantitative estimate of drug-likeness (QED) is 0.870. The molecule has 0 heterocycles. The second-order valence-electron chi connectivity index (χ2n) is 7.06. The van der Waals surface area contributed by atoms with Gasteiger partial charge < -0.3 is 10.4 Å². The van der Waals surface area contributed by atoms with Gasteiger partial charge in [0.1, 0.15) is 0 Å². The summed E-state index contributed by atoms with van der Waals surface area (Å²) in [5, 5.41) is 13.1. The van der Waals surface area contributed by atoms with Crippen LogP contribution < -0.4 is 5.32 Å². The van der Waals surface area contributed by atoms with Crippen molar-refractivity contribution in [1.82, 2.24) is 5.32 Å². The first-order chi connectivity index (χ1) is 10.4. The zero-order valence-electron chi connectivity index (χ0n) is 13.4. The molecule has 0 bridgehead atoms. The third-order valence-corrected chi connectivity index (χ3v) is 4.83. The molecule has 1 aromatic carbocycles. The SMILES string of the molecule is CC(C)(Cc1cccc(Cl)c1)C(=O)NC1CCC(CO)CC1. The molecule has 0 spiro atoms. The molecule has 0 saturated heterocycles. The fourth-order valence-corrected chi connectivity index (χ4v) is 3.32. The predicted octanol–water partition coefficient (Wildman–Crippen LogP) is 3.58. The van der Waals surface area contributed by atoms with Crippen LogP contribution >= 0.6 is 11.6 Å². The van der Waals surface area contributed by atoms with Crippen LogP contribution in [0.5, 0.6) is 0 Å². The Morgan fingerprint density at radius 1 is 1.32 bits per heavy atom. The molecule has 0 radical (unpaired) electrons.